The van der Waals surface area contributed by atoms with Crippen molar-refractivity contribution in [2.75, 3.05) is 7.05 Å². The van der Waals surface area contributed by atoms with E-state index in [0.717, 1.165) is 27.7 Å². The summed E-state index contributed by atoms with van der Waals surface area (Å²) >= 11 is 0. The van der Waals surface area contributed by atoms with Crippen LogP contribution >= 0.6 is 0 Å². The largest absolute Gasteiger partial charge is 0.385 e. The first-order valence-electron chi connectivity index (χ1n) is 8.80. The Morgan fingerprint density at radius 3 is 2.50 bits per heavy atom. The van der Waals surface area contributed by atoms with Crippen LogP contribution in [-0.4, -0.2) is 32.5 Å². The molecule has 1 N–H and O–H groups in total. The molecule has 2 aromatic carbocycles. The van der Waals surface area contributed by atoms with E-state index in [1.807, 2.05) is 60.9 Å². The van der Waals surface area contributed by atoms with Crippen molar-refractivity contribution < 1.29 is 9.90 Å². The van der Waals surface area contributed by atoms with Crippen molar-refractivity contribution in [1.29, 1.82) is 0 Å². The first kappa shape index (κ1) is 18.1. The van der Waals surface area contributed by atoms with Crippen LogP contribution in [0.2, 0.25) is 0 Å². The third-order valence-corrected chi connectivity index (χ3v) is 4.75. The molecular formula is C21H25N3O2. The Hall–Kier alpha value is -2.66. The molecule has 1 heterocycles. The van der Waals surface area contributed by atoms with Crippen molar-refractivity contribution in [3.05, 3.63) is 65.0 Å². The highest BCUT2D eigenvalue weighted by molar-refractivity contribution is 5.82. The fourth-order valence-corrected chi connectivity index (χ4v) is 3.09. The number of likely N-dealkylation sites (N-methyl/N-ethyl adjacent to an activating group) is 1. The summed E-state index contributed by atoms with van der Waals surface area (Å²) in [6, 6.07) is 13.9. The number of hydrogen-bond donors (Lipinski definition) is 1. The highest BCUT2D eigenvalue weighted by atomic mass is 16.3. The number of aromatic nitrogens is 2. The normalized spacial score (nSPS) is 12.3. The van der Waals surface area contributed by atoms with E-state index in [9.17, 15) is 9.90 Å². The maximum absolute atomic E-state index is 12.8. The predicted molar refractivity (Wildman–Crippen MR) is 103 cm³/mol. The molecular weight excluding hydrogens is 326 g/mol. The predicted octanol–water partition coefficient (Wildman–Crippen LogP) is 3.37. The molecule has 1 unspecified atom stereocenters. The van der Waals surface area contributed by atoms with Gasteiger partial charge in [0.25, 0.3) is 0 Å². The van der Waals surface area contributed by atoms with Crippen LogP contribution in [0.1, 0.15) is 35.5 Å². The van der Waals surface area contributed by atoms with Gasteiger partial charge in [-0.3, -0.25) is 4.79 Å². The summed E-state index contributed by atoms with van der Waals surface area (Å²) in [7, 11) is 1.80. The molecule has 5 heteroatoms. The molecule has 26 heavy (non-hydrogen) atoms. The first-order valence-corrected chi connectivity index (χ1v) is 8.80. The molecule has 0 aliphatic carbocycles. The summed E-state index contributed by atoms with van der Waals surface area (Å²) in [6.45, 7) is 6.46. The van der Waals surface area contributed by atoms with Crippen molar-refractivity contribution in [3.8, 4) is 0 Å². The summed E-state index contributed by atoms with van der Waals surface area (Å²) in [5, 5.41) is 10.1. The Morgan fingerprint density at radius 1 is 1.19 bits per heavy atom. The van der Waals surface area contributed by atoms with E-state index in [1.54, 1.807) is 18.9 Å². The Kier molecular flexibility index (Phi) is 5.09. The van der Waals surface area contributed by atoms with Gasteiger partial charge >= 0.3 is 0 Å². The molecule has 3 rings (SSSR count). The fourth-order valence-electron chi connectivity index (χ4n) is 3.09. The van der Waals surface area contributed by atoms with E-state index in [0.29, 0.717) is 12.4 Å². The van der Waals surface area contributed by atoms with Gasteiger partial charge in [0.1, 0.15) is 18.5 Å². The highest BCUT2D eigenvalue weighted by Gasteiger charge is 2.19. The van der Waals surface area contributed by atoms with Crippen molar-refractivity contribution in [3.63, 3.8) is 0 Å². The molecule has 0 radical (unpaired) electrons. The number of carbonyl (C=O) groups is 1. The zero-order valence-corrected chi connectivity index (χ0v) is 15.7. The summed E-state index contributed by atoms with van der Waals surface area (Å²) in [4.78, 5) is 19.0. The monoisotopic (exact) mass is 351 g/mol. The minimum atomic E-state index is -0.741. The van der Waals surface area contributed by atoms with Crippen molar-refractivity contribution >= 4 is 16.9 Å². The van der Waals surface area contributed by atoms with E-state index in [-0.39, 0.29) is 12.5 Å². The maximum Gasteiger partial charge on any atom is 0.242 e. The number of nitrogens with zero attached hydrogens (tertiary/aromatic N) is 3. The lowest BCUT2D eigenvalue weighted by molar-refractivity contribution is -0.131. The maximum atomic E-state index is 12.8. The molecule has 5 nitrogen and oxygen atoms in total. The number of imidazole rings is 1. The number of benzene rings is 2. The number of aliphatic hydroxyl groups is 1. The number of rotatable bonds is 5. The van der Waals surface area contributed by atoms with Gasteiger partial charge in [0, 0.05) is 13.6 Å². The molecule has 0 aliphatic rings. The lowest BCUT2D eigenvalue weighted by Crippen LogP contribution is -2.30. The lowest BCUT2D eigenvalue weighted by Gasteiger charge is -2.19. The first-order chi connectivity index (χ1) is 12.4. The van der Waals surface area contributed by atoms with E-state index in [4.69, 9.17) is 0 Å². The van der Waals surface area contributed by atoms with Crippen LogP contribution in [0.15, 0.2) is 42.5 Å². The zero-order chi connectivity index (χ0) is 18.8. The average Bonchev–Trinajstić information content (AvgIpc) is 2.94. The standard InChI is InChI=1S/C21H25N3O2/c1-14-10-18-19(11-15(14)2)24(21(22-18)16(3)25)13-20(26)23(4)12-17-8-6-5-7-9-17/h5-11,16,25H,12-13H2,1-4H3. The Morgan fingerprint density at radius 2 is 1.85 bits per heavy atom. The van der Waals surface area contributed by atoms with Gasteiger partial charge in [-0.15, -0.1) is 0 Å². The molecule has 0 aliphatic heterocycles. The fraction of sp³-hybridized carbons (Fsp3) is 0.333. The van der Waals surface area contributed by atoms with Crippen molar-refractivity contribution in [2.45, 2.75) is 40.0 Å². The number of aryl methyl sites for hydroxylation is 2. The summed E-state index contributed by atoms with van der Waals surface area (Å²) in [5.41, 5.74) is 5.06. The van der Waals surface area contributed by atoms with Gasteiger partial charge in [0.15, 0.2) is 0 Å². The van der Waals surface area contributed by atoms with Crippen molar-refractivity contribution in [2.24, 2.45) is 0 Å². The van der Waals surface area contributed by atoms with Gasteiger partial charge in [0.05, 0.1) is 11.0 Å². The van der Waals surface area contributed by atoms with Gasteiger partial charge in [0.2, 0.25) is 5.91 Å². The Bertz CT molecular complexity index is 929. The Labute approximate surface area is 153 Å². The van der Waals surface area contributed by atoms with Crippen LogP contribution in [0.4, 0.5) is 0 Å². The van der Waals surface area contributed by atoms with Crippen LogP contribution in [-0.2, 0) is 17.9 Å². The second-order valence-corrected chi connectivity index (χ2v) is 6.89. The van der Waals surface area contributed by atoms with E-state index in [1.165, 1.54) is 0 Å². The minimum absolute atomic E-state index is 0.0201. The summed E-state index contributed by atoms with van der Waals surface area (Å²) in [6.07, 6.45) is -0.741. The smallest absolute Gasteiger partial charge is 0.242 e. The van der Waals surface area contributed by atoms with E-state index >= 15 is 0 Å². The molecule has 0 spiro atoms. The third-order valence-electron chi connectivity index (χ3n) is 4.75. The van der Waals surface area contributed by atoms with Crippen LogP contribution in [0.5, 0.6) is 0 Å². The van der Waals surface area contributed by atoms with E-state index in [2.05, 4.69) is 4.98 Å². The molecule has 0 bridgehead atoms. The van der Waals surface area contributed by atoms with Crippen molar-refractivity contribution in [1.82, 2.24) is 14.5 Å². The summed E-state index contributed by atoms with van der Waals surface area (Å²) in [5.74, 6) is 0.500. The van der Waals surface area contributed by atoms with Crippen LogP contribution in [0.3, 0.4) is 0 Å². The third kappa shape index (κ3) is 3.63. The average molecular weight is 351 g/mol. The number of carbonyl (C=O) groups excluding carboxylic acids is 1. The number of aliphatic hydroxyl groups excluding tert-OH is 1. The zero-order valence-electron chi connectivity index (χ0n) is 15.7. The number of amides is 1. The minimum Gasteiger partial charge on any atom is -0.385 e. The highest BCUT2D eigenvalue weighted by Crippen LogP contribution is 2.24. The second kappa shape index (κ2) is 7.30. The molecule has 1 aromatic heterocycles. The van der Waals surface area contributed by atoms with Crippen LogP contribution in [0, 0.1) is 13.8 Å². The SMILES string of the molecule is Cc1cc2nc(C(C)O)n(CC(=O)N(C)Cc3ccccc3)c2cc1C. The molecule has 0 saturated heterocycles. The molecule has 136 valence electrons. The molecule has 1 amide bonds. The number of fused-ring (bicyclic) bond motifs is 1. The number of hydrogen-bond acceptors (Lipinski definition) is 3. The lowest BCUT2D eigenvalue weighted by atomic mass is 10.1. The molecule has 0 saturated carbocycles. The van der Waals surface area contributed by atoms with Gasteiger partial charge in [-0.1, -0.05) is 30.3 Å². The summed E-state index contributed by atoms with van der Waals surface area (Å²) < 4.78 is 1.83. The second-order valence-electron chi connectivity index (χ2n) is 6.89. The molecule has 1 atom stereocenters. The van der Waals surface area contributed by atoms with Gasteiger partial charge in [-0.2, -0.15) is 0 Å². The van der Waals surface area contributed by atoms with E-state index < -0.39 is 6.10 Å². The van der Waals surface area contributed by atoms with Gasteiger partial charge < -0.3 is 14.6 Å². The Balaban J connectivity index is 1.90. The van der Waals surface area contributed by atoms with Crippen LogP contribution < -0.4 is 0 Å². The van der Waals surface area contributed by atoms with Crippen LogP contribution in [0.25, 0.3) is 11.0 Å². The van der Waals surface area contributed by atoms with Gasteiger partial charge in [-0.05, 0) is 49.6 Å². The van der Waals surface area contributed by atoms with Gasteiger partial charge in [-0.25, -0.2) is 4.98 Å². The molecule has 0 fully saturated rings. The molecule has 3 aromatic rings. The topological polar surface area (TPSA) is 58.4 Å². The quantitative estimate of drug-likeness (QED) is 0.767.